The summed E-state index contributed by atoms with van der Waals surface area (Å²) in [6.45, 7) is 8.62. The fraction of sp³-hybridized carbons (Fsp3) is 0.867. The second-order valence-corrected chi connectivity index (χ2v) is 5.86. The molecule has 0 aromatic heterocycles. The number of aliphatic carboxylic acids is 1. The Labute approximate surface area is 127 Å². The summed E-state index contributed by atoms with van der Waals surface area (Å²) in [5, 5.41) is 11.7. The lowest BCUT2D eigenvalue weighted by atomic mass is 10.0. The molecule has 0 saturated carbocycles. The van der Waals surface area contributed by atoms with Crippen molar-refractivity contribution in [2.24, 2.45) is 5.92 Å². The molecule has 0 fully saturated rings. The smallest absolute Gasteiger partial charge is 0.317 e. The van der Waals surface area contributed by atoms with Crippen LogP contribution in [0.1, 0.15) is 47.0 Å². The number of nitrogens with one attached hydrogen (secondary N) is 1. The first-order valence-electron chi connectivity index (χ1n) is 7.60. The molecule has 21 heavy (non-hydrogen) atoms. The van der Waals surface area contributed by atoms with Crippen LogP contribution in [0.4, 0.5) is 4.79 Å². The molecule has 6 nitrogen and oxygen atoms in total. The lowest BCUT2D eigenvalue weighted by Gasteiger charge is -2.22. The van der Waals surface area contributed by atoms with Crippen LogP contribution in [0.15, 0.2) is 0 Å². The van der Waals surface area contributed by atoms with Gasteiger partial charge in [-0.3, -0.25) is 4.79 Å². The number of carboxylic acid groups (broad SMARTS) is 1. The number of nitrogens with zero attached hydrogens (tertiary/aromatic N) is 1. The van der Waals surface area contributed by atoms with E-state index < -0.39 is 5.97 Å². The zero-order chi connectivity index (χ0) is 16.4. The van der Waals surface area contributed by atoms with Crippen molar-refractivity contribution in [1.29, 1.82) is 0 Å². The molecular weight excluding hydrogens is 272 g/mol. The number of amides is 2. The number of carboxylic acids is 1. The fourth-order valence-electron chi connectivity index (χ4n) is 1.77. The lowest BCUT2D eigenvalue weighted by Crippen LogP contribution is -2.43. The van der Waals surface area contributed by atoms with Crippen molar-refractivity contribution in [3.05, 3.63) is 0 Å². The van der Waals surface area contributed by atoms with Crippen molar-refractivity contribution in [1.82, 2.24) is 10.2 Å². The Bertz CT molecular complexity index is 321. The first-order valence-corrected chi connectivity index (χ1v) is 7.60. The number of carbonyl (C=O) groups excluding carboxylic acids is 1. The monoisotopic (exact) mass is 302 g/mol. The maximum Gasteiger partial charge on any atom is 0.317 e. The van der Waals surface area contributed by atoms with Gasteiger partial charge in [0.25, 0.3) is 0 Å². The number of hydrogen-bond acceptors (Lipinski definition) is 3. The summed E-state index contributed by atoms with van der Waals surface area (Å²) in [7, 11) is 1.73. The van der Waals surface area contributed by atoms with Crippen molar-refractivity contribution in [3.8, 4) is 0 Å². The van der Waals surface area contributed by atoms with Gasteiger partial charge < -0.3 is 20.1 Å². The maximum atomic E-state index is 11.9. The quantitative estimate of drug-likeness (QED) is 0.649. The highest BCUT2D eigenvalue weighted by molar-refractivity contribution is 5.74. The summed E-state index contributed by atoms with van der Waals surface area (Å²) < 4.78 is 5.40. The third-order valence-electron chi connectivity index (χ3n) is 3.29. The van der Waals surface area contributed by atoms with E-state index in [-0.39, 0.29) is 24.1 Å². The highest BCUT2D eigenvalue weighted by Gasteiger charge is 2.14. The topological polar surface area (TPSA) is 78.9 Å². The summed E-state index contributed by atoms with van der Waals surface area (Å²) >= 11 is 0. The average Bonchev–Trinajstić information content (AvgIpc) is 2.37. The van der Waals surface area contributed by atoms with Gasteiger partial charge in [-0.2, -0.15) is 0 Å². The molecule has 0 aromatic carbocycles. The van der Waals surface area contributed by atoms with Gasteiger partial charge >= 0.3 is 12.0 Å². The van der Waals surface area contributed by atoms with Crippen molar-refractivity contribution in [3.63, 3.8) is 0 Å². The summed E-state index contributed by atoms with van der Waals surface area (Å²) in [5.41, 5.74) is 0. The molecule has 2 N–H and O–H groups in total. The Hall–Kier alpha value is -1.30. The molecule has 124 valence electrons. The van der Waals surface area contributed by atoms with Gasteiger partial charge in [-0.05, 0) is 33.6 Å². The van der Waals surface area contributed by atoms with Crippen LogP contribution in [0.2, 0.25) is 0 Å². The highest BCUT2D eigenvalue weighted by Crippen LogP contribution is 2.09. The molecule has 0 aliphatic heterocycles. The Morgan fingerprint density at radius 2 is 1.81 bits per heavy atom. The van der Waals surface area contributed by atoms with Crippen molar-refractivity contribution in [2.75, 3.05) is 20.2 Å². The van der Waals surface area contributed by atoms with Gasteiger partial charge in [0.2, 0.25) is 0 Å². The Morgan fingerprint density at radius 1 is 1.19 bits per heavy atom. The van der Waals surface area contributed by atoms with Crippen LogP contribution < -0.4 is 5.32 Å². The van der Waals surface area contributed by atoms with Crippen molar-refractivity contribution in [2.45, 2.75) is 59.1 Å². The molecule has 0 aliphatic carbocycles. The van der Waals surface area contributed by atoms with Crippen LogP contribution in [-0.2, 0) is 9.53 Å². The van der Waals surface area contributed by atoms with Crippen LogP contribution in [0.25, 0.3) is 0 Å². The standard InChI is InChI=1S/C15H30N2O4/c1-11(2)21-10-9-17(5)15(20)16-13(4)8-6-7-12(3)14(18)19/h11-13H,6-10H2,1-5H3,(H,16,20)(H,18,19). The molecule has 6 heteroatoms. The number of rotatable bonds is 10. The number of hydrogen-bond donors (Lipinski definition) is 2. The minimum atomic E-state index is -0.767. The molecular formula is C15H30N2O4. The third kappa shape index (κ3) is 10.1. The summed E-state index contributed by atoms with van der Waals surface area (Å²) in [4.78, 5) is 24.2. The number of likely N-dealkylation sites (N-methyl/N-ethyl adjacent to an activating group) is 1. The number of ether oxygens (including phenoxy) is 1. The van der Waals surface area contributed by atoms with Gasteiger partial charge in [-0.1, -0.05) is 13.3 Å². The van der Waals surface area contributed by atoms with Crippen molar-refractivity contribution >= 4 is 12.0 Å². The normalized spacial score (nSPS) is 13.8. The van der Waals surface area contributed by atoms with Crippen molar-refractivity contribution < 1.29 is 19.4 Å². The van der Waals surface area contributed by atoms with E-state index in [0.29, 0.717) is 19.6 Å². The predicted molar refractivity (Wildman–Crippen MR) is 82.4 cm³/mol. The van der Waals surface area contributed by atoms with E-state index >= 15 is 0 Å². The molecule has 0 bridgehead atoms. The van der Waals surface area contributed by atoms with Gasteiger partial charge in [0, 0.05) is 19.6 Å². The molecule has 2 atom stereocenters. The summed E-state index contributed by atoms with van der Waals surface area (Å²) in [6, 6.07) is -0.0897. The minimum Gasteiger partial charge on any atom is -0.481 e. The Kier molecular flexibility index (Phi) is 9.78. The van der Waals surface area contributed by atoms with Gasteiger partial charge in [0.05, 0.1) is 18.6 Å². The second-order valence-electron chi connectivity index (χ2n) is 5.86. The summed E-state index contributed by atoms with van der Waals surface area (Å²) in [6.07, 6.45) is 2.36. The molecule has 0 radical (unpaired) electrons. The maximum absolute atomic E-state index is 11.9. The van der Waals surface area contributed by atoms with E-state index in [1.165, 1.54) is 0 Å². The van der Waals surface area contributed by atoms with Gasteiger partial charge in [-0.15, -0.1) is 0 Å². The third-order valence-corrected chi connectivity index (χ3v) is 3.29. The first-order chi connectivity index (χ1) is 9.73. The molecule has 0 spiro atoms. The molecule has 0 heterocycles. The zero-order valence-corrected chi connectivity index (χ0v) is 13.9. The first kappa shape index (κ1) is 19.7. The number of carbonyl (C=O) groups is 2. The van der Waals surface area contributed by atoms with Gasteiger partial charge in [0.1, 0.15) is 0 Å². The van der Waals surface area contributed by atoms with Gasteiger partial charge in [0.15, 0.2) is 0 Å². The second kappa shape index (κ2) is 10.4. The SMILES string of the molecule is CC(CCCC(C)C(=O)O)NC(=O)N(C)CCOC(C)C. The minimum absolute atomic E-state index is 0.0342. The average molecular weight is 302 g/mol. The molecule has 0 rings (SSSR count). The Morgan fingerprint density at radius 3 is 2.33 bits per heavy atom. The summed E-state index contributed by atoms with van der Waals surface area (Å²) in [5.74, 6) is -1.10. The van der Waals surface area contributed by atoms with Crippen LogP contribution in [-0.4, -0.2) is 54.4 Å². The van der Waals surface area contributed by atoms with Crippen LogP contribution in [0.3, 0.4) is 0 Å². The fourth-order valence-corrected chi connectivity index (χ4v) is 1.77. The van der Waals surface area contributed by atoms with Crippen LogP contribution in [0, 0.1) is 5.92 Å². The van der Waals surface area contributed by atoms with Gasteiger partial charge in [-0.25, -0.2) is 4.79 Å². The van der Waals surface area contributed by atoms with E-state index in [9.17, 15) is 9.59 Å². The molecule has 0 saturated heterocycles. The van der Waals surface area contributed by atoms with E-state index in [2.05, 4.69) is 5.32 Å². The molecule has 2 amide bonds. The lowest BCUT2D eigenvalue weighted by molar-refractivity contribution is -0.141. The van der Waals surface area contributed by atoms with E-state index in [0.717, 1.165) is 12.8 Å². The predicted octanol–water partition coefficient (Wildman–Crippen LogP) is 2.33. The zero-order valence-electron chi connectivity index (χ0n) is 13.9. The van der Waals surface area contributed by atoms with Crippen LogP contribution >= 0.6 is 0 Å². The van der Waals surface area contributed by atoms with E-state index in [4.69, 9.17) is 9.84 Å². The number of urea groups is 1. The molecule has 0 aliphatic rings. The largest absolute Gasteiger partial charge is 0.481 e. The van der Waals surface area contributed by atoms with Crippen LogP contribution in [0.5, 0.6) is 0 Å². The molecule has 0 aromatic rings. The van der Waals surface area contributed by atoms with E-state index in [1.54, 1.807) is 18.9 Å². The highest BCUT2D eigenvalue weighted by atomic mass is 16.5. The van der Waals surface area contributed by atoms with E-state index in [1.807, 2.05) is 20.8 Å². The Balaban J connectivity index is 3.84. The molecule has 2 unspecified atom stereocenters.